The monoisotopic (exact) mass is 182 g/mol. The molecule has 1 atom stereocenters. The van der Waals surface area contributed by atoms with Gasteiger partial charge in [-0.15, -0.1) is 0 Å². The number of carbonyl (C=O) groups is 1. The summed E-state index contributed by atoms with van der Waals surface area (Å²) in [5.74, 6) is 0.243. The van der Waals surface area contributed by atoms with Crippen molar-refractivity contribution in [3.05, 3.63) is 11.8 Å². The second-order valence-corrected chi connectivity index (χ2v) is 3.68. The van der Waals surface area contributed by atoms with Crippen molar-refractivity contribution >= 4 is 5.78 Å². The second kappa shape index (κ2) is 5.05. The van der Waals surface area contributed by atoms with E-state index in [1.165, 1.54) is 19.3 Å². The first-order chi connectivity index (χ1) is 6.24. The predicted molar refractivity (Wildman–Crippen MR) is 52.4 cm³/mol. The Morgan fingerprint density at radius 3 is 2.92 bits per heavy atom. The lowest BCUT2D eigenvalue weighted by Crippen LogP contribution is -2.21. The fraction of sp³-hybridized carbons (Fsp3) is 0.727. The van der Waals surface area contributed by atoms with E-state index in [1.807, 2.05) is 6.92 Å². The zero-order valence-corrected chi connectivity index (χ0v) is 8.51. The third kappa shape index (κ3) is 3.21. The van der Waals surface area contributed by atoms with Gasteiger partial charge in [0.2, 0.25) is 0 Å². The van der Waals surface area contributed by atoms with Gasteiger partial charge in [0.1, 0.15) is 6.10 Å². The SMILES string of the molecule is CCCCCC1CC(=O)C(C)=CO1. The summed E-state index contributed by atoms with van der Waals surface area (Å²) >= 11 is 0. The van der Waals surface area contributed by atoms with Crippen LogP contribution >= 0.6 is 0 Å². The molecule has 0 aromatic rings. The predicted octanol–water partition coefficient (Wildman–Crippen LogP) is 2.83. The number of carbonyl (C=O) groups excluding carboxylic acids is 1. The molecule has 2 nitrogen and oxygen atoms in total. The maximum absolute atomic E-state index is 11.3. The Hall–Kier alpha value is -0.790. The Kier molecular flexibility index (Phi) is 4.00. The van der Waals surface area contributed by atoms with Crippen LogP contribution < -0.4 is 0 Å². The minimum atomic E-state index is 0.141. The molecule has 0 aromatic heterocycles. The van der Waals surface area contributed by atoms with Gasteiger partial charge in [0, 0.05) is 12.0 Å². The second-order valence-electron chi connectivity index (χ2n) is 3.68. The van der Waals surface area contributed by atoms with E-state index < -0.39 is 0 Å². The normalized spacial score (nSPS) is 22.5. The first-order valence-corrected chi connectivity index (χ1v) is 5.09. The summed E-state index contributed by atoms with van der Waals surface area (Å²) < 4.78 is 5.42. The summed E-state index contributed by atoms with van der Waals surface area (Å²) in [5, 5.41) is 0. The minimum Gasteiger partial charge on any atom is -0.497 e. The van der Waals surface area contributed by atoms with Crippen LogP contribution in [0.25, 0.3) is 0 Å². The quantitative estimate of drug-likeness (QED) is 0.625. The molecular weight excluding hydrogens is 164 g/mol. The Balaban J connectivity index is 2.27. The molecule has 13 heavy (non-hydrogen) atoms. The molecule has 0 radical (unpaired) electrons. The molecule has 0 N–H and O–H groups in total. The van der Waals surface area contributed by atoms with Gasteiger partial charge in [-0.2, -0.15) is 0 Å². The highest BCUT2D eigenvalue weighted by molar-refractivity contribution is 5.95. The molecule has 0 aromatic carbocycles. The van der Waals surface area contributed by atoms with E-state index in [4.69, 9.17) is 4.74 Å². The number of rotatable bonds is 4. The summed E-state index contributed by atoms with van der Waals surface area (Å²) in [6.45, 7) is 3.99. The van der Waals surface area contributed by atoms with Crippen LogP contribution in [0.4, 0.5) is 0 Å². The number of hydrogen-bond donors (Lipinski definition) is 0. The van der Waals surface area contributed by atoms with E-state index in [0.29, 0.717) is 6.42 Å². The van der Waals surface area contributed by atoms with Gasteiger partial charge in [-0.1, -0.05) is 19.8 Å². The average molecular weight is 182 g/mol. The van der Waals surface area contributed by atoms with E-state index in [2.05, 4.69) is 6.92 Å². The fourth-order valence-corrected chi connectivity index (χ4v) is 1.47. The number of unbranched alkanes of at least 4 members (excludes halogenated alkanes) is 2. The molecule has 1 aliphatic heterocycles. The third-order valence-electron chi connectivity index (χ3n) is 2.42. The molecule has 1 heterocycles. The van der Waals surface area contributed by atoms with Gasteiger partial charge in [0.05, 0.1) is 6.26 Å². The van der Waals surface area contributed by atoms with E-state index in [1.54, 1.807) is 6.26 Å². The van der Waals surface area contributed by atoms with Crippen molar-refractivity contribution in [2.24, 2.45) is 0 Å². The Labute approximate surface area is 80.0 Å². The third-order valence-corrected chi connectivity index (χ3v) is 2.42. The smallest absolute Gasteiger partial charge is 0.165 e. The number of allylic oxidation sites excluding steroid dienone is 1. The molecule has 0 amide bonds. The molecule has 0 aliphatic carbocycles. The van der Waals surface area contributed by atoms with E-state index in [0.717, 1.165) is 12.0 Å². The van der Waals surface area contributed by atoms with Crippen LogP contribution in [-0.4, -0.2) is 11.9 Å². The maximum Gasteiger partial charge on any atom is 0.165 e. The highest BCUT2D eigenvalue weighted by atomic mass is 16.5. The summed E-state index contributed by atoms with van der Waals surface area (Å²) in [6, 6.07) is 0. The lowest BCUT2D eigenvalue weighted by atomic mass is 10.0. The van der Waals surface area contributed by atoms with Gasteiger partial charge in [-0.3, -0.25) is 4.79 Å². The van der Waals surface area contributed by atoms with Crippen molar-refractivity contribution < 1.29 is 9.53 Å². The molecule has 74 valence electrons. The van der Waals surface area contributed by atoms with Crippen LogP contribution in [-0.2, 0) is 9.53 Å². The van der Waals surface area contributed by atoms with Crippen LogP contribution in [0.1, 0.15) is 46.0 Å². The Morgan fingerprint density at radius 1 is 1.54 bits per heavy atom. The molecule has 1 aliphatic rings. The first-order valence-electron chi connectivity index (χ1n) is 5.09. The number of Topliss-reactive ketones (excluding diaryl/α,β-unsaturated/α-hetero) is 1. The highest BCUT2D eigenvalue weighted by Crippen LogP contribution is 2.18. The Morgan fingerprint density at radius 2 is 2.31 bits per heavy atom. The van der Waals surface area contributed by atoms with Crippen LogP contribution in [0.2, 0.25) is 0 Å². The molecule has 0 fully saturated rings. The standard InChI is InChI=1S/C11H18O2/c1-3-4-5-6-10-7-11(12)9(2)8-13-10/h8,10H,3-7H2,1-2H3. The number of ketones is 1. The minimum absolute atomic E-state index is 0.141. The highest BCUT2D eigenvalue weighted by Gasteiger charge is 2.19. The van der Waals surface area contributed by atoms with Gasteiger partial charge in [0.25, 0.3) is 0 Å². The topological polar surface area (TPSA) is 26.3 Å². The zero-order valence-electron chi connectivity index (χ0n) is 8.51. The number of hydrogen-bond acceptors (Lipinski definition) is 2. The van der Waals surface area contributed by atoms with Gasteiger partial charge < -0.3 is 4.74 Å². The van der Waals surface area contributed by atoms with Crippen LogP contribution in [0.5, 0.6) is 0 Å². The van der Waals surface area contributed by atoms with Gasteiger partial charge in [-0.25, -0.2) is 0 Å². The largest absolute Gasteiger partial charge is 0.497 e. The van der Waals surface area contributed by atoms with Crippen LogP contribution in [0.15, 0.2) is 11.8 Å². The maximum atomic E-state index is 11.3. The first kappa shape index (κ1) is 10.3. The summed E-state index contributed by atoms with van der Waals surface area (Å²) in [7, 11) is 0. The average Bonchev–Trinajstić information content (AvgIpc) is 2.12. The van der Waals surface area contributed by atoms with Crippen LogP contribution in [0.3, 0.4) is 0 Å². The van der Waals surface area contributed by atoms with Crippen molar-refractivity contribution in [1.82, 2.24) is 0 Å². The molecule has 1 rings (SSSR count). The summed E-state index contributed by atoms with van der Waals surface area (Å²) in [6.07, 6.45) is 6.97. The summed E-state index contributed by atoms with van der Waals surface area (Å²) in [5.41, 5.74) is 0.756. The lowest BCUT2D eigenvalue weighted by Gasteiger charge is -2.20. The molecule has 0 bridgehead atoms. The Bertz CT molecular complexity index is 206. The lowest BCUT2D eigenvalue weighted by molar-refractivity contribution is -0.119. The van der Waals surface area contributed by atoms with Gasteiger partial charge in [0.15, 0.2) is 5.78 Å². The van der Waals surface area contributed by atoms with Gasteiger partial charge >= 0.3 is 0 Å². The van der Waals surface area contributed by atoms with Crippen LogP contribution in [0, 0.1) is 0 Å². The summed E-state index contributed by atoms with van der Waals surface area (Å²) in [4.78, 5) is 11.3. The van der Waals surface area contributed by atoms with Crippen molar-refractivity contribution in [3.8, 4) is 0 Å². The fourth-order valence-electron chi connectivity index (χ4n) is 1.47. The molecule has 0 saturated heterocycles. The van der Waals surface area contributed by atoms with E-state index >= 15 is 0 Å². The van der Waals surface area contributed by atoms with Crippen molar-refractivity contribution in [2.45, 2.75) is 52.1 Å². The molecule has 2 heteroatoms. The molecule has 0 saturated carbocycles. The van der Waals surface area contributed by atoms with Crippen molar-refractivity contribution in [1.29, 1.82) is 0 Å². The molecule has 1 unspecified atom stereocenters. The van der Waals surface area contributed by atoms with Crippen molar-refractivity contribution in [2.75, 3.05) is 0 Å². The molecular formula is C11H18O2. The van der Waals surface area contributed by atoms with E-state index in [-0.39, 0.29) is 11.9 Å². The van der Waals surface area contributed by atoms with Gasteiger partial charge in [-0.05, 0) is 19.8 Å². The number of ether oxygens (including phenoxy) is 1. The van der Waals surface area contributed by atoms with Crippen molar-refractivity contribution in [3.63, 3.8) is 0 Å². The van der Waals surface area contributed by atoms with E-state index in [9.17, 15) is 4.79 Å². The molecule has 0 spiro atoms. The zero-order chi connectivity index (χ0) is 9.68.